The van der Waals surface area contributed by atoms with Gasteiger partial charge in [0, 0.05) is 25.0 Å². The highest BCUT2D eigenvalue weighted by Crippen LogP contribution is 2.40. The summed E-state index contributed by atoms with van der Waals surface area (Å²) in [6, 6.07) is 4.37. The third-order valence-electron chi connectivity index (χ3n) is 4.71. The Morgan fingerprint density at radius 3 is 2.86 bits per heavy atom. The second-order valence-electron chi connectivity index (χ2n) is 6.17. The van der Waals surface area contributed by atoms with Crippen molar-refractivity contribution in [3.63, 3.8) is 0 Å². The molecule has 114 valence electrons. The highest BCUT2D eigenvalue weighted by molar-refractivity contribution is 5.64. The van der Waals surface area contributed by atoms with E-state index in [4.69, 9.17) is 0 Å². The average molecular weight is 293 g/mol. The van der Waals surface area contributed by atoms with E-state index in [2.05, 4.69) is 5.32 Å². The zero-order chi connectivity index (χ0) is 14.9. The second-order valence-corrected chi connectivity index (χ2v) is 6.17. The zero-order valence-electron chi connectivity index (χ0n) is 12.0. The maximum absolute atomic E-state index is 13.8. The van der Waals surface area contributed by atoms with Crippen molar-refractivity contribution in [3.05, 3.63) is 34.1 Å². The van der Waals surface area contributed by atoms with Gasteiger partial charge in [-0.3, -0.25) is 10.1 Å². The lowest BCUT2D eigenvalue weighted by Gasteiger charge is -2.46. The molecular weight excluding hydrogens is 273 g/mol. The van der Waals surface area contributed by atoms with Gasteiger partial charge in [0.2, 0.25) is 5.82 Å². The van der Waals surface area contributed by atoms with Gasteiger partial charge in [-0.1, -0.05) is 6.07 Å². The molecule has 2 aliphatic heterocycles. The first kappa shape index (κ1) is 14.3. The first-order valence-corrected chi connectivity index (χ1v) is 7.50. The van der Waals surface area contributed by atoms with Crippen LogP contribution in [0.4, 0.5) is 15.8 Å². The van der Waals surface area contributed by atoms with Crippen molar-refractivity contribution in [3.8, 4) is 0 Å². The molecule has 1 N–H and O–H groups in total. The highest BCUT2D eigenvalue weighted by Gasteiger charge is 2.38. The number of anilines is 1. The Balaban J connectivity index is 1.90. The van der Waals surface area contributed by atoms with E-state index in [1.807, 2.05) is 4.90 Å². The molecule has 1 aromatic rings. The Morgan fingerprint density at radius 2 is 2.14 bits per heavy atom. The van der Waals surface area contributed by atoms with Crippen LogP contribution < -0.4 is 10.2 Å². The number of nitro groups is 1. The molecule has 0 bridgehead atoms. The van der Waals surface area contributed by atoms with Crippen LogP contribution in [0.5, 0.6) is 0 Å². The maximum Gasteiger partial charge on any atom is 0.327 e. The molecule has 2 saturated heterocycles. The minimum absolute atomic E-state index is 0.177. The van der Waals surface area contributed by atoms with E-state index in [9.17, 15) is 14.5 Å². The summed E-state index contributed by atoms with van der Waals surface area (Å²) in [6.07, 6.45) is 4.41. The van der Waals surface area contributed by atoms with Crippen molar-refractivity contribution in [2.24, 2.45) is 5.41 Å². The molecule has 0 radical (unpaired) electrons. The number of hydrogen-bond donors (Lipinski definition) is 1. The van der Waals surface area contributed by atoms with Gasteiger partial charge in [0.25, 0.3) is 0 Å². The summed E-state index contributed by atoms with van der Waals surface area (Å²) in [4.78, 5) is 12.6. The SMILES string of the molecule is O=[N+]([O-])c1c(F)cccc1N1CCCC2(CCCNC2)C1. The van der Waals surface area contributed by atoms with E-state index in [-0.39, 0.29) is 5.41 Å². The zero-order valence-corrected chi connectivity index (χ0v) is 12.0. The van der Waals surface area contributed by atoms with Crippen molar-refractivity contribution in [1.29, 1.82) is 0 Å². The molecule has 2 fully saturated rings. The normalized spacial score (nSPS) is 26.0. The number of hydrogen-bond acceptors (Lipinski definition) is 4. The minimum Gasteiger partial charge on any atom is -0.365 e. The van der Waals surface area contributed by atoms with Gasteiger partial charge < -0.3 is 10.2 Å². The number of nitrogens with zero attached hydrogens (tertiary/aromatic N) is 2. The van der Waals surface area contributed by atoms with Crippen molar-refractivity contribution in [2.75, 3.05) is 31.1 Å². The number of benzene rings is 1. The Morgan fingerprint density at radius 1 is 1.33 bits per heavy atom. The molecule has 0 aliphatic carbocycles. The Bertz CT molecular complexity index is 538. The van der Waals surface area contributed by atoms with Crippen molar-refractivity contribution >= 4 is 11.4 Å². The lowest BCUT2D eigenvalue weighted by Crippen LogP contribution is -2.51. The summed E-state index contributed by atoms with van der Waals surface area (Å²) in [5, 5.41) is 14.6. The monoisotopic (exact) mass is 293 g/mol. The van der Waals surface area contributed by atoms with E-state index in [1.54, 1.807) is 12.1 Å². The Labute approximate surface area is 123 Å². The van der Waals surface area contributed by atoms with Crippen LogP contribution in [0, 0.1) is 21.3 Å². The van der Waals surface area contributed by atoms with Crippen LogP contribution in [-0.4, -0.2) is 31.1 Å². The molecule has 21 heavy (non-hydrogen) atoms. The summed E-state index contributed by atoms with van der Waals surface area (Å²) in [5.41, 5.74) is 0.208. The molecule has 2 aliphatic rings. The number of piperidine rings is 2. The number of rotatable bonds is 2. The van der Waals surface area contributed by atoms with Crippen LogP contribution in [0.15, 0.2) is 18.2 Å². The molecular formula is C15H20FN3O2. The summed E-state index contributed by atoms with van der Waals surface area (Å²) in [7, 11) is 0. The minimum atomic E-state index is -0.751. The fraction of sp³-hybridized carbons (Fsp3) is 0.600. The number of nitro benzene ring substituents is 1. The second kappa shape index (κ2) is 5.60. The van der Waals surface area contributed by atoms with Crippen molar-refractivity contribution < 1.29 is 9.31 Å². The van der Waals surface area contributed by atoms with Crippen LogP contribution in [0.3, 0.4) is 0 Å². The van der Waals surface area contributed by atoms with E-state index < -0.39 is 16.4 Å². The fourth-order valence-corrected chi connectivity index (χ4v) is 3.73. The molecule has 1 spiro atoms. The standard InChI is InChI=1S/C15H20FN3O2/c16-12-4-1-5-13(14(12)19(20)21)18-9-3-7-15(11-18)6-2-8-17-10-15/h1,4-5,17H,2-3,6-11H2. The van der Waals surface area contributed by atoms with Gasteiger partial charge >= 0.3 is 5.69 Å². The topological polar surface area (TPSA) is 58.4 Å². The number of halogens is 1. The fourth-order valence-electron chi connectivity index (χ4n) is 3.73. The molecule has 2 heterocycles. The maximum atomic E-state index is 13.8. The Hall–Kier alpha value is -1.69. The van der Waals surface area contributed by atoms with Gasteiger partial charge in [0.15, 0.2) is 0 Å². The van der Waals surface area contributed by atoms with Gasteiger partial charge in [-0.25, -0.2) is 0 Å². The van der Waals surface area contributed by atoms with Gasteiger partial charge in [-0.2, -0.15) is 4.39 Å². The predicted molar refractivity (Wildman–Crippen MR) is 79.0 cm³/mol. The van der Waals surface area contributed by atoms with Crippen molar-refractivity contribution in [2.45, 2.75) is 25.7 Å². The summed E-state index contributed by atoms with van der Waals surface area (Å²) >= 11 is 0. The highest BCUT2D eigenvalue weighted by atomic mass is 19.1. The first-order valence-electron chi connectivity index (χ1n) is 7.50. The van der Waals surface area contributed by atoms with Gasteiger partial charge in [-0.05, 0) is 44.4 Å². The molecule has 0 amide bonds. The van der Waals surface area contributed by atoms with Crippen LogP contribution in [0.2, 0.25) is 0 Å². The largest absolute Gasteiger partial charge is 0.365 e. The molecule has 0 saturated carbocycles. The molecule has 5 nitrogen and oxygen atoms in total. The lowest BCUT2D eigenvalue weighted by atomic mass is 9.74. The van der Waals surface area contributed by atoms with Crippen LogP contribution in [-0.2, 0) is 0 Å². The van der Waals surface area contributed by atoms with E-state index in [0.717, 1.165) is 57.9 Å². The van der Waals surface area contributed by atoms with Crippen LogP contribution >= 0.6 is 0 Å². The molecule has 1 atom stereocenters. The van der Waals surface area contributed by atoms with Gasteiger partial charge in [-0.15, -0.1) is 0 Å². The Kier molecular flexibility index (Phi) is 3.80. The summed E-state index contributed by atoms with van der Waals surface area (Å²) in [5.74, 6) is -0.751. The first-order chi connectivity index (χ1) is 10.1. The van der Waals surface area contributed by atoms with Crippen LogP contribution in [0.1, 0.15) is 25.7 Å². The summed E-state index contributed by atoms with van der Waals surface area (Å²) in [6.45, 7) is 3.52. The summed E-state index contributed by atoms with van der Waals surface area (Å²) < 4.78 is 13.8. The molecule has 6 heteroatoms. The van der Waals surface area contributed by atoms with E-state index in [1.165, 1.54) is 0 Å². The molecule has 0 aromatic heterocycles. The third-order valence-corrected chi connectivity index (χ3v) is 4.71. The lowest BCUT2D eigenvalue weighted by molar-refractivity contribution is -0.386. The predicted octanol–water partition coefficient (Wildman–Crippen LogP) is 2.70. The van der Waals surface area contributed by atoms with Crippen LogP contribution in [0.25, 0.3) is 0 Å². The molecule has 3 rings (SSSR count). The average Bonchev–Trinajstić information content (AvgIpc) is 2.47. The van der Waals surface area contributed by atoms with E-state index in [0.29, 0.717) is 5.69 Å². The smallest absolute Gasteiger partial charge is 0.327 e. The van der Waals surface area contributed by atoms with Gasteiger partial charge in [0.1, 0.15) is 5.69 Å². The molecule has 1 unspecified atom stereocenters. The number of para-hydroxylation sites is 1. The number of nitrogens with one attached hydrogen (secondary N) is 1. The third kappa shape index (κ3) is 2.72. The molecule has 1 aromatic carbocycles. The van der Waals surface area contributed by atoms with E-state index >= 15 is 0 Å². The van der Waals surface area contributed by atoms with Crippen molar-refractivity contribution in [1.82, 2.24) is 5.32 Å². The van der Waals surface area contributed by atoms with Gasteiger partial charge in [0.05, 0.1) is 4.92 Å². The quantitative estimate of drug-likeness (QED) is 0.673.